The van der Waals surface area contributed by atoms with Gasteiger partial charge in [0.25, 0.3) is 0 Å². The molecule has 0 bridgehead atoms. The van der Waals surface area contributed by atoms with Crippen LogP contribution in [0.2, 0.25) is 0 Å². The van der Waals surface area contributed by atoms with E-state index in [-0.39, 0.29) is 18.1 Å². The van der Waals surface area contributed by atoms with Crippen molar-refractivity contribution in [2.45, 2.75) is 6.61 Å². The number of aromatic nitrogens is 2. The number of carboxylic acids is 1. The molecule has 0 aromatic carbocycles. The lowest BCUT2D eigenvalue weighted by Gasteiger charge is -2.05. The van der Waals surface area contributed by atoms with Crippen molar-refractivity contribution in [2.75, 3.05) is 0 Å². The number of ether oxygens (including phenoxy) is 1. The summed E-state index contributed by atoms with van der Waals surface area (Å²) in [6.45, 7) is -0.0289. The van der Waals surface area contributed by atoms with Crippen molar-refractivity contribution in [2.24, 2.45) is 0 Å². The molecule has 0 aliphatic carbocycles. The number of aromatic carboxylic acids is 1. The van der Waals surface area contributed by atoms with Crippen LogP contribution in [0.4, 0.5) is 4.39 Å². The van der Waals surface area contributed by atoms with Gasteiger partial charge in [0.15, 0.2) is 12.2 Å². The molecule has 88 valence electrons. The summed E-state index contributed by atoms with van der Waals surface area (Å²) < 4.78 is 22.8. The average molecular weight is 238 g/mol. The molecule has 2 aromatic rings. The van der Waals surface area contributed by atoms with Gasteiger partial charge in [-0.15, -0.1) is 0 Å². The summed E-state index contributed by atoms with van der Waals surface area (Å²) in [7, 11) is 0. The average Bonchev–Trinajstić information content (AvgIpc) is 2.80. The Bertz CT molecular complexity index is 527. The minimum absolute atomic E-state index is 0.0289. The molecule has 0 saturated heterocycles. The number of carbonyl (C=O) groups is 1. The summed E-state index contributed by atoms with van der Waals surface area (Å²) in [5.41, 5.74) is -0.343. The number of halogens is 1. The largest absolute Gasteiger partial charge is 0.477 e. The van der Waals surface area contributed by atoms with E-state index >= 15 is 0 Å². The molecule has 1 N–H and O–H groups in total. The molecule has 17 heavy (non-hydrogen) atoms. The first-order chi connectivity index (χ1) is 8.16. The van der Waals surface area contributed by atoms with E-state index < -0.39 is 11.8 Å². The van der Waals surface area contributed by atoms with E-state index in [4.69, 9.17) is 14.3 Å². The molecule has 0 fully saturated rings. The van der Waals surface area contributed by atoms with E-state index in [0.717, 1.165) is 12.3 Å². The van der Waals surface area contributed by atoms with E-state index in [0.29, 0.717) is 5.76 Å². The highest BCUT2D eigenvalue weighted by atomic mass is 19.1. The highest BCUT2D eigenvalue weighted by molar-refractivity contribution is 5.90. The van der Waals surface area contributed by atoms with E-state index in [2.05, 4.69) is 9.97 Å². The molecule has 0 amide bonds. The van der Waals surface area contributed by atoms with Gasteiger partial charge in [-0.25, -0.2) is 19.2 Å². The van der Waals surface area contributed by atoms with Crippen molar-refractivity contribution in [1.82, 2.24) is 9.97 Å². The lowest BCUT2D eigenvalue weighted by atomic mass is 10.3. The van der Waals surface area contributed by atoms with Crippen molar-refractivity contribution in [1.29, 1.82) is 0 Å². The van der Waals surface area contributed by atoms with Gasteiger partial charge in [-0.1, -0.05) is 0 Å². The van der Waals surface area contributed by atoms with E-state index in [9.17, 15) is 9.18 Å². The number of nitrogens with zero attached hydrogens (tertiary/aromatic N) is 2. The second-order valence-electron chi connectivity index (χ2n) is 3.07. The van der Waals surface area contributed by atoms with E-state index in [1.807, 2.05) is 0 Å². The maximum absolute atomic E-state index is 12.8. The number of carboxylic acid groups (broad SMARTS) is 1. The number of hydrogen-bond donors (Lipinski definition) is 1. The quantitative estimate of drug-likeness (QED) is 0.868. The molecule has 2 heterocycles. The Labute approximate surface area is 94.7 Å². The molecular weight excluding hydrogens is 231 g/mol. The lowest BCUT2D eigenvalue weighted by Crippen LogP contribution is -2.05. The van der Waals surface area contributed by atoms with Crippen molar-refractivity contribution >= 4 is 5.97 Å². The third-order valence-corrected chi connectivity index (χ3v) is 1.88. The maximum atomic E-state index is 12.8. The predicted octanol–water partition coefficient (Wildman–Crippen LogP) is 1.49. The summed E-state index contributed by atoms with van der Waals surface area (Å²) in [6.07, 6.45) is 3.51. The van der Waals surface area contributed by atoms with Gasteiger partial charge in [0.2, 0.25) is 5.88 Å². The predicted molar refractivity (Wildman–Crippen MR) is 52.0 cm³/mol. The first-order valence-electron chi connectivity index (χ1n) is 4.56. The first kappa shape index (κ1) is 11.1. The SMILES string of the molecule is O=C(O)c1cc(F)cnc1OCc1cnco1. The molecule has 2 rings (SSSR count). The lowest BCUT2D eigenvalue weighted by molar-refractivity contribution is 0.0689. The van der Waals surface area contributed by atoms with Crippen LogP contribution in [0.15, 0.2) is 29.3 Å². The Morgan fingerprint density at radius 1 is 1.53 bits per heavy atom. The van der Waals surface area contributed by atoms with E-state index in [1.54, 1.807) is 0 Å². The zero-order valence-corrected chi connectivity index (χ0v) is 8.46. The number of oxazole rings is 1. The van der Waals surface area contributed by atoms with Crippen LogP contribution in [0.25, 0.3) is 0 Å². The summed E-state index contributed by atoms with van der Waals surface area (Å²) >= 11 is 0. The summed E-state index contributed by atoms with van der Waals surface area (Å²) in [6, 6.07) is 0.838. The zero-order chi connectivity index (χ0) is 12.3. The summed E-state index contributed by atoms with van der Waals surface area (Å²) in [5.74, 6) is -1.82. The Hall–Kier alpha value is -2.44. The topological polar surface area (TPSA) is 85.5 Å². The van der Waals surface area contributed by atoms with Gasteiger partial charge < -0.3 is 14.3 Å². The van der Waals surface area contributed by atoms with Gasteiger partial charge in [0.1, 0.15) is 18.0 Å². The van der Waals surface area contributed by atoms with Crippen LogP contribution < -0.4 is 4.74 Å². The second-order valence-corrected chi connectivity index (χ2v) is 3.07. The molecule has 0 aliphatic rings. The van der Waals surface area contributed by atoms with Gasteiger partial charge >= 0.3 is 5.97 Å². The Balaban J connectivity index is 2.17. The smallest absolute Gasteiger partial charge is 0.341 e. The van der Waals surface area contributed by atoms with Crippen molar-refractivity contribution < 1.29 is 23.4 Å². The highest BCUT2D eigenvalue weighted by Crippen LogP contribution is 2.17. The van der Waals surface area contributed by atoms with Crippen LogP contribution in [0.5, 0.6) is 5.88 Å². The Morgan fingerprint density at radius 2 is 2.35 bits per heavy atom. The third-order valence-electron chi connectivity index (χ3n) is 1.88. The monoisotopic (exact) mass is 238 g/mol. The minimum atomic E-state index is -1.32. The molecule has 0 unspecified atom stereocenters. The van der Waals surface area contributed by atoms with E-state index in [1.165, 1.54) is 12.6 Å². The molecule has 2 aromatic heterocycles. The molecule has 0 radical (unpaired) electrons. The summed E-state index contributed by atoms with van der Waals surface area (Å²) in [4.78, 5) is 18.0. The number of hydrogen-bond acceptors (Lipinski definition) is 5. The molecule has 0 saturated carbocycles. The minimum Gasteiger partial charge on any atom is -0.477 e. The Morgan fingerprint density at radius 3 is 3.00 bits per heavy atom. The fraction of sp³-hybridized carbons (Fsp3) is 0.100. The van der Waals surface area contributed by atoms with Crippen molar-refractivity contribution in [3.8, 4) is 5.88 Å². The van der Waals surface area contributed by atoms with Crippen LogP contribution in [-0.2, 0) is 6.61 Å². The number of rotatable bonds is 4. The summed E-state index contributed by atoms with van der Waals surface area (Å²) in [5, 5.41) is 8.82. The Kier molecular flexibility index (Phi) is 2.99. The standard InChI is InChI=1S/C10H7FN2O4/c11-6-1-8(10(14)15)9(13-2-6)16-4-7-3-12-5-17-7/h1-3,5H,4H2,(H,14,15). The molecular formula is C10H7FN2O4. The number of pyridine rings is 1. The van der Waals surface area contributed by atoms with Crippen molar-refractivity contribution in [3.63, 3.8) is 0 Å². The molecule has 6 nitrogen and oxygen atoms in total. The third kappa shape index (κ3) is 2.57. The fourth-order valence-corrected chi connectivity index (χ4v) is 1.15. The molecule has 0 spiro atoms. The first-order valence-corrected chi connectivity index (χ1v) is 4.56. The van der Waals surface area contributed by atoms with Gasteiger partial charge in [0, 0.05) is 0 Å². The van der Waals surface area contributed by atoms with Gasteiger partial charge in [-0.3, -0.25) is 0 Å². The van der Waals surface area contributed by atoms with Gasteiger partial charge in [0.05, 0.1) is 12.4 Å². The van der Waals surface area contributed by atoms with Crippen LogP contribution in [0.3, 0.4) is 0 Å². The van der Waals surface area contributed by atoms with Gasteiger partial charge in [-0.05, 0) is 6.07 Å². The van der Waals surface area contributed by atoms with Crippen LogP contribution in [0.1, 0.15) is 16.1 Å². The zero-order valence-electron chi connectivity index (χ0n) is 8.46. The van der Waals surface area contributed by atoms with Crippen LogP contribution in [-0.4, -0.2) is 21.0 Å². The maximum Gasteiger partial charge on any atom is 0.341 e. The van der Waals surface area contributed by atoms with Crippen molar-refractivity contribution in [3.05, 3.63) is 42.0 Å². The highest BCUT2D eigenvalue weighted by Gasteiger charge is 2.14. The molecule has 0 aliphatic heterocycles. The van der Waals surface area contributed by atoms with Crippen LogP contribution >= 0.6 is 0 Å². The van der Waals surface area contributed by atoms with Gasteiger partial charge in [-0.2, -0.15) is 0 Å². The normalized spacial score (nSPS) is 10.2. The molecule has 0 atom stereocenters. The fourth-order valence-electron chi connectivity index (χ4n) is 1.15. The molecule has 7 heteroatoms. The second kappa shape index (κ2) is 4.60. The van der Waals surface area contributed by atoms with Crippen LogP contribution in [0, 0.1) is 5.82 Å².